The maximum Gasteiger partial charge on any atom is 0.251 e. The van der Waals surface area contributed by atoms with Crippen LogP contribution in [0.3, 0.4) is 0 Å². The Bertz CT molecular complexity index is 628. The summed E-state index contributed by atoms with van der Waals surface area (Å²) in [6.07, 6.45) is 2.91. The van der Waals surface area contributed by atoms with Crippen LogP contribution in [-0.4, -0.2) is 25.7 Å². The monoisotopic (exact) mass is 329 g/mol. The smallest absolute Gasteiger partial charge is 0.251 e. The Morgan fingerprint density at radius 2 is 1.96 bits per heavy atom. The Balaban J connectivity index is 1.70. The number of benzene rings is 1. The van der Waals surface area contributed by atoms with E-state index in [1.54, 1.807) is 11.3 Å². The maximum absolute atomic E-state index is 12.5. The van der Waals surface area contributed by atoms with Gasteiger partial charge in [-0.3, -0.25) is 4.79 Å². The van der Waals surface area contributed by atoms with E-state index in [1.165, 1.54) is 10.4 Å². The first kappa shape index (κ1) is 16.2. The second kappa shape index (κ2) is 7.28. The summed E-state index contributed by atoms with van der Waals surface area (Å²) in [5, 5.41) is 5.26. The molecule has 0 aliphatic carbocycles. The molecule has 3 nitrogen and oxygen atoms in total. The first-order valence-electron chi connectivity index (χ1n) is 8.22. The van der Waals surface area contributed by atoms with E-state index in [4.69, 9.17) is 4.74 Å². The highest BCUT2D eigenvalue weighted by Gasteiger charge is 2.35. The molecule has 0 spiro atoms. The van der Waals surface area contributed by atoms with Gasteiger partial charge >= 0.3 is 0 Å². The van der Waals surface area contributed by atoms with Crippen molar-refractivity contribution in [3.63, 3.8) is 0 Å². The molecule has 1 N–H and O–H groups in total. The summed E-state index contributed by atoms with van der Waals surface area (Å²) in [4.78, 5) is 13.8. The minimum atomic E-state index is 0.00933. The third-order valence-corrected chi connectivity index (χ3v) is 5.82. The van der Waals surface area contributed by atoms with Gasteiger partial charge in [0.05, 0.1) is 0 Å². The van der Waals surface area contributed by atoms with Gasteiger partial charge in [0.2, 0.25) is 0 Å². The summed E-state index contributed by atoms with van der Waals surface area (Å²) in [7, 11) is 0. The molecule has 0 saturated carbocycles. The molecule has 1 aromatic heterocycles. The van der Waals surface area contributed by atoms with Gasteiger partial charge in [0.15, 0.2) is 0 Å². The molecule has 1 saturated heterocycles. The molecular weight excluding hydrogens is 306 g/mol. The third-order valence-electron chi connectivity index (χ3n) is 4.71. The van der Waals surface area contributed by atoms with Crippen molar-refractivity contribution in [2.75, 3.05) is 19.8 Å². The zero-order valence-electron chi connectivity index (χ0n) is 13.5. The molecule has 0 radical (unpaired) electrons. The average molecular weight is 329 g/mol. The summed E-state index contributed by atoms with van der Waals surface area (Å²) in [5.74, 6) is 0.00933. The predicted octanol–water partition coefficient (Wildman–Crippen LogP) is 3.79. The Morgan fingerprint density at radius 3 is 2.57 bits per heavy atom. The van der Waals surface area contributed by atoms with Crippen LogP contribution in [0, 0.1) is 0 Å². The van der Waals surface area contributed by atoms with Gasteiger partial charge in [0, 0.05) is 35.6 Å². The highest BCUT2D eigenvalue weighted by molar-refractivity contribution is 7.10. The van der Waals surface area contributed by atoms with Crippen LogP contribution in [0.1, 0.15) is 40.6 Å². The number of hydrogen-bond donors (Lipinski definition) is 1. The van der Waals surface area contributed by atoms with E-state index in [2.05, 4.69) is 29.8 Å². The van der Waals surface area contributed by atoms with Gasteiger partial charge in [-0.05, 0) is 48.4 Å². The summed E-state index contributed by atoms with van der Waals surface area (Å²) in [5.41, 5.74) is 2.00. The Kier molecular flexibility index (Phi) is 5.13. The van der Waals surface area contributed by atoms with Gasteiger partial charge in [-0.2, -0.15) is 0 Å². The zero-order chi connectivity index (χ0) is 16.1. The summed E-state index contributed by atoms with van der Waals surface area (Å²) in [6, 6.07) is 12.1. The molecule has 23 heavy (non-hydrogen) atoms. The molecule has 1 aliphatic heterocycles. The molecule has 0 bridgehead atoms. The average Bonchev–Trinajstić information content (AvgIpc) is 3.16. The van der Waals surface area contributed by atoms with Crippen LogP contribution in [0.2, 0.25) is 0 Å². The first-order valence-corrected chi connectivity index (χ1v) is 9.10. The molecular formula is C19H23NO2S. The molecule has 3 rings (SSSR count). The molecule has 1 aliphatic rings. The molecule has 2 aromatic rings. The fourth-order valence-corrected chi connectivity index (χ4v) is 4.08. The minimum absolute atomic E-state index is 0.00933. The normalized spacial score (nSPS) is 16.9. The number of aryl methyl sites for hydroxylation is 1. The third kappa shape index (κ3) is 3.65. The maximum atomic E-state index is 12.5. The van der Waals surface area contributed by atoms with Gasteiger partial charge in [-0.15, -0.1) is 11.3 Å². The number of rotatable bonds is 5. The molecule has 122 valence electrons. The second-order valence-electron chi connectivity index (χ2n) is 6.10. The highest BCUT2D eigenvalue weighted by atomic mass is 32.1. The molecule has 1 amide bonds. The van der Waals surface area contributed by atoms with E-state index in [9.17, 15) is 4.79 Å². The Hall–Kier alpha value is -1.65. The standard InChI is InChI=1S/C19H23NO2S/c1-2-15-5-7-16(8-6-15)18(21)20-14-19(9-11-22-12-10-19)17-4-3-13-23-17/h3-8,13H,2,9-12,14H2,1H3,(H,20,21). The number of carbonyl (C=O) groups excluding carboxylic acids is 1. The number of thiophene rings is 1. The van der Waals surface area contributed by atoms with E-state index in [1.807, 2.05) is 24.3 Å². The fraction of sp³-hybridized carbons (Fsp3) is 0.421. The van der Waals surface area contributed by atoms with Crippen LogP contribution in [0.5, 0.6) is 0 Å². The lowest BCUT2D eigenvalue weighted by atomic mass is 9.78. The summed E-state index contributed by atoms with van der Waals surface area (Å²) in [6.45, 7) is 4.31. The van der Waals surface area contributed by atoms with Gasteiger partial charge in [0.25, 0.3) is 5.91 Å². The highest BCUT2D eigenvalue weighted by Crippen LogP contribution is 2.37. The van der Waals surface area contributed by atoms with Gasteiger partial charge in [-0.1, -0.05) is 25.1 Å². The van der Waals surface area contributed by atoms with Crippen molar-refractivity contribution in [2.45, 2.75) is 31.6 Å². The molecule has 2 heterocycles. The van der Waals surface area contributed by atoms with E-state index in [0.29, 0.717) is 6.54 Å². The first-order chi connectivity index (χ1) is 11.2. The van der Waals surface area contributed by atoms with Crippen LogP contribution >= 0.6 is 11.3 Å². The quantitative estimate of drug-likeness (QED) is 0.906. The lowest BCUT2D eigenvalue weighted by Crippen LogP contribution is -2.44. The second-order valence-corrected chi connectivity index (χ2v) is 7.05. The molecule has 0 atom stereocenters. The van der Waals surface area contributed by atoms with Crippen molar-refractivity contribution in [1.29, 1.82) is 0 Å². The fourth-order valence-electron chi connectivity index (χ4n) is 3.10. The minimum Gasteiger partial charge on any atom is -0.381 e. The van der Waals surface area contributed by atoms with Crippen LogP contribution in [0.25, 0.3) is 0 Å². The van der Waals surface area contributed by atoms with Gasteiger partial charge in [0.1, 0.15) is 0 Å². The van der Waals surface area contributed by atoms with Gasteiger partial charge < -0.3 is 10.1 Å². The van der Waals surface area contributed by atoms with Crippen molar-refractivity contribution in [2.24, 2.45) is 0 Å². The molecule has 4 heteroatoms. The van der Waals surface area contributed by atoms with Crippen LogP contribution < -0.4 is 5.32 Å². The van der Waals surface area contributed by atoms with Crippen LogP contribution in [0.4, 0.5) is 0 Å². The van der Waals surface area contributed by atoms with Crippen molar-refractivity contribution < 1.29 is 9.53 Å². The van der Waals surface area contributed by atoms with E-state index in [0.717, 1.165) is 38.0 Å². The number of nitrogens with one attached hydrogen (secondary N) is 1. The topological polar surface area (TPSA) is 38.3 Å². The summed E-state index contributed by atoms with van der Waals surface area (Å²) < 4.78 is 5.53. The predicted molar refractivity (Wildman–Crippen MR) is 94.2 cm³/mol. The number of ether oxygens (including phenoxy) is 1. The lowest BCUT2D eigenvalue weighted by Gasteiger charge is -2.36. The number of amides is 1. The molecule has 1 fully saturated rings. The lowest BCUT2D eigenvalue weighted by molar-refractivity contribution is 0.0499. The van der Waals surface area contributed by atoms with Crippen molar-refractivity contribution in [3.8, 4) is 0 Å². The van der Waals surface area contributed by atoms with E-state index >= 15 is 0 Å². The van der Waals surface area contributed by atoms with Crippen LogP contribution in [-0.2, 0) is 16.6 Å². The van der Waals surface area contributed by atoms with Crippen LogP contribution in [0.15, 0.2) is 41.8 Å². The molecule has 0 unspecified atom stereocenters. The van der Waals surface area contributed by atoms with E-state index in [-0.39, 0.29) is 11.3 Å². The van der Waals surface area contributed by atoms with Crippen molar-refractivity contribution in [1.82, 2.24) is 5.32 Å². The number of hydrogen-bond acceptors (Lipinski definition) is 3. The van der Waals surface area contributed by atoms with E-state index < -0.39 is 0 Å². The van der Waals surface area contributed by atoms with Crippen molar-refractivity contribution >= 4 is 17.2 Å². The SMILES string of the molecule is CCc1ccc(C(=O)NCC2(c3cccs3)CCOCC2)cc1. The molecule has 1 aromatic carbocycles. The van der Waals surface area contributed by atoms with Gasteiger partial charge in [-0.25, -0.2) is 0 Å². The van der Waals surface area contributed by atoms with Crippen molar-refractivity contribution in [3.05, 3.63) is 57.8 Å². The summed E-state index contributed by atoms with van der Waals surface area (Å²) >= 11 is 1.77. The Labute approximate surface area is 141 Å². The Morgan fingerprint density at radius 1 is 1.22 bits per heavy atom. The zero-order valence-corrected chi connectivity index (χ0v) is 14.3. The number of carbonyl (C=O) groups is 1. The largest absolute Gasteiger partial charge is 0.381 e.